The molecule has 1 spiro atoms. The van der Waals surface area contributed by atoms with Crippen LogP contribution in [0.5, 0.6) is 0 Å². The van der Waals surface area contributed by atoms with Gasteiger partial charge in [0, 0.05) is 19.8 Å². The Balaban J connectivity index is 1.81. The van der Waals surface area contributed by atoms with Gasteiger partial charge in [0.05, 0.1) is 5.54 Å². The standard InChI is InChI=1S/C11H23N3O/c1-2-3-6-14-7-4-11(5-8-14)10(15)12-9-13-11/h10,12-13,15H,2-9H2,1H3. The number of aliphatic hydroxyl groups excluding tert-OH is 1. The SMILES string of the molecule is CCCCN1CCC2(CC1)NCNC2O. The first kappa shape index (κ1) is 11.3. The summed E-state index contributed by atoms with van der Waals surface area (Å²) >= 11 is 0. The number of piperidine rings is 1. The van der Waals surface area contributed by atoms with E-state index in [-0.39, 0.29) is 11.8 Å². The van der Waals surface area contributed by atoms with Gasteiger partial charge in [-0.1, -0.05) is 13.3 Å². The van der Waals surface area contributed by atoms with Gasteiger partial charge in [0.2, 0.25) is 0 Å². The third-order valence-corrected chi connectivity index (χ3v) is 3.84. The van der Waals surface area contributed by atoms with Crippen LogP contribution in [0, 0.1) is 0 Å². The van der Waals surface area contributed by atoms with Gasteiger partial charge >= 0.3 is 0 Å². The molecule has 2 aliphatic heterocycles. The highest BCUT2D eigenvalue weighted by atomic mass is 16.3. The van der Waals surface area contributed by atoms with Crippen LogP contribution in [0.4, 0.5) is 0 Å². The molecular weight excluding hydrogens is 190 g/mol. The molecule has 2 aliphatic rings. The van der Waals surface area contributed by atoms with Gasteiger partial charge in [0.15, 0.2) is 0 Å². The molecule has 2 heterocycles. The van der Waals surface area contributed by atoms with Gasteiger partial charge in [-0.2, -0.15) is 0 Å². The first-order valence-electron chi connectivity index (χ1n) is 6.16. The Morgan fingerprint density at radius 3 is 2.67 bits per heavy atom. The molecule has 1 unspecified atom stereocenters. The maximum absolute atomic E-state index is 9.87. The summed E-state index contributed by atoms with van der Waals surface area (Å²) in [5.41, 5.74) is -0.0390. The van der Waals surface area contributed by atoms with Crippen LogP contribution < -0.4 is 10.6 Å². The molecule has 0 bridgehead atoms. The van der Waals surface area contributed by atoms with Crippen LogP contribution in [0.25, 0.3) is 0 Å². The molecule has 2 rings (SSSR count). The van der Waals surface area contributed by atoms with Crippen LogP contribution in [0.3, 0.4) is 0 Å². The van der Waals surface area contributed by atoms with Crippen molar-refractivity contribution in [3.8, 4) is 0 Å². The molecule has 0 aromatic heterocycles. The fourth-order valence-electron chi connectivity index (χ4n) is 2.62. The van der Waals surface area contributed by atoms with Crippen molar-refractivity contribution >= 4 is 0 Å². The molecular formula is C11H23N3O. The zero-order valence-electron chi connectivity index (χ0n) is 9.63. The predicted octanol–water partition coefficient (Wildman–Crippen LogP) is 0.0898. The first-order valence-corrected chi connectivity index (χ1v) is 6.16. The fourth-order valence-corrected chi connectivity index (χ4v) is 2.62. The number of hydrogen-bond acceptors (Lipinski definition) is 4. The van der Waals surface area contributed by atoms with Gasteiger partial charge in [-0.15, -0.1) is 0 Å². The van der Waals surface area contributed by atoms with E-state index in [4.69, 9.17) is 0 Å². The van der Waals surface area contributed by atoms with Crippen molar-refractivity contribution in [3.05, 3.63) is 0 Å². The van der Waals surface area contributed by atoms with Crippen LogP contribution in [0.1, 0.15) is 32.6 Å². The molecule has 2 fully saturated rings. The van der Waals surface area contributed by atoms with E-state index >= 15 is 0 Å². The van der Waals surface area contributed by atoms with E-state index in [0.717, 1.165) is 32.6 Å². The number of hydrogen-bond donors (Lipinski definition) is 3. The van der Waals surface area contributed by atoms with Crippen LogP contribution >= 0.6 is 0 Å². The molecule has 1 atom stereocenters. The fraction of sp³-hybridized carbons (Fsp3) is 1.00. The zero-order valence-corrected chi connectivity index (χ0v) is 9.63. The number of rotatable bonds is 3. The van der Waals surface area contributed by atoms with E-state index in [2.05, 4.69) is 22.5 Å². The third kappa shape index (κ3) is 2.33. The van der Waals surface area contributed by atoms with Crippen LogP contribution in [-0.2, 0) is 0 Å². The quantitative estimate of drug-likeness (QED) is 0.622. The summed E-state index contributed by atoms with van der Waals surface area (Å²) in [7, 11) is 0. The third-order valence-electron chi connectivity index (χ3n) is 3.84. The summed E-state index contributed by atoms with van der Waals surface area (Å²) in [4.78, 5) is 2.52. The molecule has 0 radical (unpaired) electrons. The van der Waals surface area contributed by atoms with Crippen LogP contribution in [0.15, 0.2) is 0 Å². The van der Waals surface area contributed by atoms with E-state index in [0.29, 0.717) is 0 Å². The summed E-state index contributed by atoms with van der Waals surface area (Å²) in [6.45, 7) is 6.43. The number of unbranched alkanes of at least 4 members (excludes halogenated alkanes) is 1. The highest BCUT2D eigenvalue weighted by Crippen LogP contribution is 2.27. The Morgan fingerprint density at radius 1 is 1.40 bits per heavy atom. The minimum absolute atomic E-state index is 0.0390. The molecule has 2 saturated heterocycles. The van der Waals surface area contributed by atoms with Gasteiger partial charge in [0.25, 0.3) is 0 Å². The van der Waals surface area contributed by atoms with E-state index in [9.17, 15) is 5.11 Å². The van der Waals surface area contributed by atoms with Crippen molar-refractivity contribution in [3.63, 3.8) is 0 Å². The largest absolute Gasteiger partial charge is 0.377 e. The second-order valence-corrected chi connectivity index (χ2v) is 4.81. The lowest BCUT2D eigenvalue weighted by molar-refractivity contribution is 0.0333. The maximum Gasteiger partial charge on any atom is 0.124 e. The van der Waals surface area contributed by atoms with Crippen molar-refractivity contribution in [1.29, 1.82) is 0 Å². The molecule has 0 aromatic rings. The Kier molecular flexibility index (Phi) is 3.61. The number of likely N-dealkylation sites (tertiary alicyclic amines) is 1. The average Bonchev–Trinajstić information content (AvgIpc) is 2.60. The molecule has 0 amide bonds. The van der Waals surface area contributed by atoms with Gasteiger partial charge in [-0.05, 0) is 25.8 Å². The van der Waals surface area contributed by atoms with Crippen molar-refractivity contribution < 1.29 is 5.11 Å². The lowest BCUT2D eigenvalue weighted by Crippen LogP contribution is -2.56. The van der Waals surface area contributed by atoms with E-state index < -0.39 is 0 Å². The van der Waals surface area contributed by atoms with Gasteiger partial charge in [0.1, 0.15) is 6.23 Å². The number of aliphatic hydroxyl groups is 1. The number of nitrogens with zero attached hydrogens (tertiary/aromatic N) is 1. The topological polar surface area (TPSA) is 47.5 Å². The Labute approximate surface area is 92.0 Å². The average molecular weight is 213 g/mol. The molecule has 15 heavy (non-hydrogen) atoms. The highest BCUT2D eigenvalue weighted by molar-refractivity contribution is 5.01. The van der Waals surface area contributed by atoms with Gasteiger partial charge in [-0.25, -0.2) is 0 Å². The summed E-state index contributed by atoms with van der Waals surface area (Å²) in [5, 5.41) is 16.3. The lowest BCUT2D eigenvalue weighted by atomic mass is 9.87. The second-order valence-electron chi connectivity index (χ2n) is 4.81. The Morgan fingerprint density at radius 2 is 2.13 bits per heavy atom. The van der Waals surface area contributed by atoms with E-state index in [1.165, 1.54) is 19.4 Å². The predicted molar refractivity (Wildman–Crippen MR) is 60.5 cm³/mol. The highest BCUT2D eigenvalue weighted by Gasteiger charge is 2.43. The zero-order chi connectivity index (χ0) is 10.7. The normalized spacial score (nSPS) is 31.2. The van der Waals surface area contributed by atoms with Crippen molar-refractivity contribution in [1.82, 2.24) is 15.5 Å². The van der Waals surface area contributed by atoms with E-state index in [1.807, 2.05) is 0 Å². The first-order chi connectivity index (χ1) is 7.27. The summed E-state index contributed by atoms with van der Waals surface area (Å²) < 4.78 is 0. The summed E-state index contributed by atoms with van der Waals surface area (Å²) in [6, 6.07) is 0. The molecule has 4 nitrogen and oxygen atoms in total. The second kappa shape index (κ2) is 4.78. The Hall–Kier alpha value is -0.160. The summed E-state index contributed by atoms with van der Waals surface area (Å²) in [6.07, 6.45) is 4.33. The molecule has 0 saturated carbocycles. The van der Waals surface area contributed by atoms with Crippen LogP contribution in [-0.4, -0.2) is 48.1 Å². The molecule has 3 N–H and O–H groups in total. The van der Waals surface area contributed by atoms with Crippen molar-refractivity contribution in [2.45, 2.75) is 44.4 Å². The molecule has 0 aromatic carbocycles. The minimum Gasteiger partial charge on any atom is -0.377 e. The maximum atomic E-state index is 9.87. The molecule has 0 aliphatic carbocycles. The Bertz CT molecular complexity index is 202. The van der Waals surface area contributed by atoms with Gasteiger partial charge in [-0.3, -0.25) is 10.6 Å². The van der Waals surface area contributed by atoms with Crippen molar-refractivity contribution in [2.24, 2.45) is 0 Å². The van der Waals surface area contributed by atoms with Crippen molar-refractivity contribution in [2.75, 3.05) is 26.3 Å². The van der Waals surface area contributed by atoms with E-state index in [1.54, 1.807) is 0 Å². The summed E-state index contributed by atoms with van der Waals surface area (Å²) in [5.74, 6) is 0. The number of nitrogens with one attached hydrogen (secondary N) is 2. The minimum atomic E-state index is -0.356. The molecule has 4 heteroatoms. The monoisotopic (exact) mass is 213 g/mol. The van der Waals surface area contributed by atoms with Crippen LogP contribution in [0.2, 0.25) is 0 Å². The molecule has 88 valence electrons. The van der Waals surface area contributed by atoms with Gasteiger partial charge < -0.3 is 10.0 Å². The lowest BCUT2D eigenvalue weighted by Gasteiger charge is -2.40. The smallest absolute Gasteiger partial charge is 0.124 e.